The lowest BCUT2D eigenvalue weighted by molar-refractivity contribution is -0.646. The van der Waals surface area contributed by atoms with Gasteiger partial charge < -0.3 is 9.47 Å². The first-order valence-electron chi connectivity index (χ1n) is 8.62. The minimum absolute atomic E-state index is 0.224. The van der Waals surface area contributed by atoms with E-state index in [2.05, 4.69) is 66.1 Å². The summed E-state index contributed by atoms with van der Waals surface area (Å²) in [5, 5.41) is 1.22. The van der Waals surface area contributed by atoms with Gasteiger partial charge in [-0.2, -0.15) is 4.57 Å². The van der Waals surface area contributed by atoms with Gasteiger partial charge in [0, 0.05) is 23.6 Å². The molecule has 0 unspecified atom stereocenters. The van der Waals surface area contributed by atoms with Crippen LogP contribution in [0.4, 0.5) is 0 Å². The van der Waals surface area contributed by atoms with E-state index in [1.54, 1.807) is 0 Å². The molecule has 0 spiro atoms. The number of terminal acetylenes is 1. The van der Waals surface area contributed by atoms with Gasteiger partial charge >= 0.3 is 0 Å². The van der Waals surface area contributed by atoms with Crippen molar-refractivity contribution < 1.29 is 14.0 Å². The molecule has 0 saturated carbocycles. The van der Waals surface area contributed by atoms with Crippen molar-refractivity contribution >= 4 is 23.1 Å². The second kappa shape index (κ2) is 8.22. The minimum Gasteiger partial charge on any atom is -0.490 e. The number of fused-ring (bicyclic) bond motifs is 1. The number of ether oxygens (including phenoxy) is 2. The van der Waals surface area contributed by atoms with Gasteiger partial charge in [-0.25, -0.2) is 0 Å². The van der Waals surface area contributed by atoms with Crippen molar-refractivity contribution in [3.05, 3.63) is 65.9 Å². The van der Waals surface area contributed by atoms with E-state index < -0.39 is 0 Å². The number of para-hydroxylation sites is 1. The zero-order valence-electron chi connectivity index (χ0n) is 15.1. The predicted octanol–water partition coefficient (Wildman–Crippen LogP) is 4.25. The number of nitrogens with zero attached hydrogens (tertiary/aromatic N) is 1. The van der Waals surface area contributed by atoms with Crippen molar-refractivity contribution in [1.82, 2.24) is 0 Å². The maximum absolute atomic E-state index is 5.68. The molecule has 3 rings (SSSR count). The molecule has 0 N–H and O–H groups in total. The first-order chi connectivity index (χ1) is 12.7. The molecule has 130 valence electrons. The van der Waals surface area contributed by atoms with Crippen LogP contribution in [0.25, 0.3) is 23.1 Å². The summed E-state index contributed by atoms with van der Waals surface area (Å²) in [7, 11) is 2.07. The van der Waals surface area contributed by atoms with Crippen LogP contribution in [-0.2, 0) is 7.05 Å². The van der Waals surface area contributed by atoms with Crippen molar-refractivity contribution in [2.45, 2.75) is 6.92 Å². The lowest BCUT2D eigenvalue weighted by atomic mass is 10.1. The van der Waals surface area contributed by atoms with Gasteiger partial charge in [-0.1, -0.05) is 24.1 Å². The van der Waals surface area contributed by atoms with Gasteiger partial charge in [-0.15, -0.1) is 6.42 Å². The summed E-state index contributed by atoms with van der Waals surface area (Å²) < 4.78 is 13.4. The molecule has 0 amide bonds. The molecule has 0 fully saturated rings. The largest absolute Gasteiger partial charge is 0.490 e. The van der Waals surface area contributed by atoms with Crippen LogP contribution in [-0.4, -0.2) is 13.2 Å². The van der Waals surface area contributed by atoms with Gasteiger partial charge in [0.1, 0.15) is 13.7 Å². The fraction of sp³-hybridized carbons (Fsp3) is 0.174. The molecule has 0 bridgehead atoms. The highest BCUT2D eigenvalue weighted by Gasteiger charge is 2.09. The van der Waals surface area contributed by atoms with E-state index in [0.29, 0.717) is 18.1 Å². The Morgan fingerprint density at radius 3 is 2.65 bits per heavy atom. The van der Waals surface area contributed by atoms with Crippen molar-refractivity contribution in [1.29, 1.82) is 0 Å². The smallest absolute Gasteiger partial charge is 0.212 e. The summed E-state index contributed by atoms with van der Waals surface area (Å²) >= 11 is 0. The van der Waals surface area contributed by atoms with Crippen molar-refractivity contribution in [2.75, 3.05) is 13.2 Å². The molecular formula is C23H22NO2+. The maximum Gasteiger partial charge on any atom is 0.212 e. The van der Waals surface area contributed by atoms with Crippen LogP contribution in [0, 0.1) is 12.3 Å². The minimum atomic E-state index is 0.224. The van der Waals surface area contributed by atoms with Crippen molar-refractivity contribution in [3.8, 4) is 23.8 Å². The average molecular weight is 344 g/mol. The average Bonchev–Trinajstić information content (AvgIpc) is 2.67. The van der Waals surface area contributed by atoms with E-state index >= 15 is 0 Å². The number of aromatic nitrogens is 1. The summed E-state index contributed by atoms with van der Waals surface area (Å²) in [5.41, 5.74) is 3.35. The Bertz CT molecular complexity index is 983. The second-order valence-electron chi connectivity index (χ2n) is 5.84. The Labute approximate surface area is 154 Å². The van der Waals surface area contributed by atoms with Crippen LogP contribution in [0.1, 0.15) is 18.2 Å². The molecule has 2 aromatic carbocycles. The molecule has 0 atom stereocenters. The summed E-state index contributed by atoms with van der Waals surface area (Å²) in [6.45, 7) is 2.74. The third kappa shape index (κ3) is 3.87. The van der Waals surface area contributed by atoms with Crippen LogP contribution in [0.2, 0.25) is 0 Å². The van der Waals surface area contributed by atoms with Crippen LogP contribution in [0.5, 0.6) is 11.5 Å². The Balaban J connectivity index is 1.89. The molecule has 0 radical (unpaired) electrons. The first kappa shape index (κ1) is 17.6. The Kier molecular flexibility index (Phi) is 5.56. The van der Waals surface area contributed by atoms with Gasteiger partial charge in [-0.05, 0) is 42.8 Å². The first-order valence-corrected chi connectivity index (χ1v) is 8.62. The molecular weight excluding hydrogens is 322 g/mol. The number of rotatable bonds is 6. The summed E-state index contributed by atoms with van der Waals surface area (Å²) in [5.74, 6) is 3.84. The van der Waals surface area contributed by atoms with Gasteiger partial charge in [0.25, 0.3) is 0 Å². The lowest BCUT2D eigenvalue weighted by Gasteiger charge is -2.10. The lowest BCUT2D eigenvalue weighted by Crippen LogP contribution is -2.32. The number of aryl methyl sites for hydroxylation is 1. The SMILES string of the molecule is C#CCOc1ccc(/C=C/c2ccc3ccccc3[n+]2C)cc1OCC. The number of hydrogen-bond donors (Lipinski definition) is 0. The van der Waals surface area contributed by atoms with Gasteiger partial charge in [0.2, 0.25) is 11.2 Å². The monoisotopic (exact) mass is 344 g/mol. The van der Waals surface area contributed by atoms with Crippen molar-refractivity contribution in [2.24, 2.45) is 7.05 Å². The number of hydrogen-bond acceptors (Lipinski definition) is 2. The fourth-order valence-corrected chi connectivity index (χ4v) is 2.84. The molecule has 3 nitrogen and oxygen atoms in total. The third-order valence-corrected chi connectivity index (χ3v) is 4.14. The van der Waals surface area contributed by atoms with E-state index in [1.807, 2.05) is 25.1 Å². The van der Waals surface area contributed by atoms with E-state index in [-0.39, 0.29) is 6.61 Å². The predicted molar refractivity (Wildman–Crippen MR) is 106 cm³/mol. The standard InChI is InChI=1S/C23H22NO2/c1-4-16-26-22-15-11-18(17-23(22)25-5-2)10-13-20-14-12-19-8-6-7-9-21(19)24(20)3/h1,6-15,17H,5,16H2,2-3H3/q+1/b13-10+. The van der Waals surface area contributed by atoms with E-state index in [9.17, 15) is 0 Å². The van der Waals surface area contributed by atoms with E-state index in [0.717, 1.165) is 11.3 Å². The summed E-state index contributed by atoms with van der Waals surface area (Å²) in [6, 6.07) is 18.4. The quantitative estimate of drug-likeness (QED) is 0.493. The van der Waals surface area contributed by atoms with Crippen LogP contribution < -0.4 is 14.0 Å². The van der Waals surface area contributed by atoms with Gasteiger partial charge in [-0.3, -0.25) is 0 Å². The van der Waals surface area contributed by atoms with Gasteiger partial charge in [0.05, 0.1) is 6.61 Å². The topological polar surface area (TPSA) is 22.3 Å². The molecule has 26 heavy (non-hydrogen) atoms. The number of benzene rings is 2. The van der Waals surface area contributed by atoms with Crippen LogP contribution in [0.15, 0.2) is 54.6 Å². The Morgan fingerprint density at radius 1 is 1.00 bits per heavy atom. The normalized spacial score (nSPS) is 10.8. The maximum atomic E-state index is 5.68. The Morgan fingerprint density at radius 2 is 1.85 bits per heavy atom. The molecule has 0 saturated heterocycles. The molecule has 3 aromatic rings. The Hall–Kier alpha value is -3.25. The molecule has 0 aliphatic rings. The molecule has 0 aliphatic heterocycles. The summed E-state index contributed by atoms with van der Waals surface area (Å²) in [4.78, 5) is 0. The highest BCUT2D eigenvalue weighted by molar-refractivity contribution is 5.77. The third-order valence-electron chi connectivity index (χ3n) is 4.14. The highest BCUT2D eigenvalue weighted by Crippen LogP contribution is 2.29. The molecule has 3 heteroatoms. The molecule has 0 aliphatic carbocycles. The van der Waals surface area contributed by atoms with Gasteiger partial charge in [0.15, 0.2) is 11.5 Å². The second-order valence-corrected chi connectivity index (χ2v) is 5.84. The van der Waals surface area contributed by atoms with Crippen molar-refractivity contribution in [3.63, 3.8) is 0 Å². The van der Waals surface area contributed by atoms with Crippen LogP contribution in [0.3, 0.4) is 0 Å². The molecule has 1 aromatic heterocycles. The zero-order chi connectivity index (χ0) is 18.4. The fourth-order valence-electron chi connectivity index (χ4n) is 2.84. The highest BCUT2D eigenvalue weighted by atomic mass is 16.5. The molecule has 1 heterocycles. The van der Waals surface area contributed by atoms with Crippen LogP contribution >= 0.6 is 0 Å². The summed E-state index contributed by atoms with van der Waals surface area (Å²) in [6.07, 6.45) is 9.43. The number of pyridine rings is 1. The zero-order valence-corrected chi connectivity index (χ0v) is 15.1. The van der Waals surface area contributed by atoms with E-state index in [4.69, 9.17) is 15.9 Å². The van der Waals surface area contributed by atoms with E-state index in [1.165, 1.54) is 10.9 Å².